The first-order chi connectivity index (χ1) is 8.99. The number of benzene rings is 1. The summed E-state index contributed by atoms with van der Waals surface area (Å²) >= 11 is 9.37. The van der Waals surface area contributed by atoms with Crippen molar-refractivity contribution in [1.82, 2.24) is 4.98 Å². The van der Waals surface area contributed by atoms with Gasteiger partial charge in [0.1, 0.15) is 5.82 Å². The van der Waals surface area contributed by atoms with E-state index in [1.807, 2.05) is 19.9 Å². The van der Waals surface area contributed by atoms with Crippen molar-refractivity contribution in [3.63, 3.8) is 0 Å². The number of aryl methyl sites for hydroxylation is 1. The minimum atomic E-state index is -0.214. The zero-order valence-corrected chi connectivity index (χ0v) is 12.8. The third-order valence-corrected chi connectivity index (χ3v) is 4.02. The topological polar surface area (TPSA) is 42.0 Å². The number of nitrogens with zero attached hydrogens (tertiary/aromatic N) is 1. The zero-order chi connectivity index (χ0) is 14.0. The lowest BCUT2D eigenvalue weighted by Gasteiger charge is -2.09. The molecule has 0 saturated carbocycles. The monoisotopic (exact) mass is 338 g/mol. The van der Waals surface area contributed by atoms with Gasteiger partial charge in [0.15, 0.2) is 0 Å². The van der Waals surface area contributed by atoms with Gasteiger partial charge in [-0.15, -0.1) is 0 Å². The lowest BCUT2D eigenvalue weighted by atomic mass is 10.1. The van der Waals surface area contributed by atoms with Gasteiger partial charge in [0, 0.05) is 15.1 Å². The first-order valence-electron chi connectivity index (χ1n) is 5.68. The fourth-order valence-corrected chi connectivity index (χ4v) is 2.05. The van der Waals surface area contributed by atoms with E-state index in [1.165, 1.54) is 0 Å². The molecule has 19 heavy (non-hydrogen) atoms. The Hall–Kier alpha value is -1.39. The van der Waals surface area contributed by atoms with Gasteiger partial charge in [0.05, 0.1) is 5.69 Å². The van der Waals surface area contributed by atoms with Crippen LogP contribution in [-0.4, -0.2) is 10.9 Å². The Kier molecular flexibility index (Phi) is 4.22. The predicted molar refractivity (Wildman–Crippen MR) is 80.8 cm³/mol. The van der Waals surface area contributed by atoms with Crippen molar-refractivity contribution < 1.29 is 4.79 Å². The fourth-order valence-electron chi connectivity index (χ4n) is 1.65. The van der Waals surface area contributed by atoms with E-state index in [2.05, 4.69) is 26.2 Å². The molecule has 2 aromatic rings. The van der Waals surface area contributed by atoms with Crippen molar-refractivity contribution in [2.75, 3.05) is 5.32 Å². The highest BCUT2D eigenvalue weighted by Gasteiger charge is 2.12. The van der Waals surface area contributed by atoms with Crippen LogP contribution >= 0.6 is 27.5 Å². The summed E-state index contributed by atoms with van der Waals surface area (Å²) in [5.74, 6) is 0.305. The number of hydrogen-bond acceptors (Lipinski definition) is 2. The summed E-state index contributed by atoms with van der Waals surface area (Å²) < 4.78 is 0.907. The van der Waals surface area contributed by atoms with Crippen molar-refractivity contribution in [2.24, 2.45) is 0 Å². The van der Waals surface area contributed by atoms with Crippen LogP contribution in [0.5, 0.6) is 0 Å². The Labute approximate surface area is 125 Å². The number of halogens is 2. The number of nitrogens with one attached hydrogen (secondary N) is 1. The minimum absolute atomic E-state index is 0.214. The zero-order valence-electron chi connectivity index (χ0n) is 10.5. The Morgan fingerprint density at radius 2 is 2.00 bits per heavy atom. The summed E-state index contributed by atoms with van der Waals surface area (Å²) in [6.45, 7) is 3.68. The fraction of sp³-hybridized carbons (Fsp3) is 0.143. The SMILES string of the molecule is Cc1nc(NC(=O)c2cccc(Cl)c2C)ccc1Br. The highest BCUT2D eigenvalue weighted by Crippen LogP contribution is 2.20. The first-order valence-corrected chi connectivity index (χ1v) is 6.85. The molecule has 1 heterocycles. The van der Waals surface area contributed by atoms with Crippen molar-refractivity contribution in [3.05, 3.63) is 56.6 Å². The molecule has 0 atom stereocenters. The van der Waals surface area contributed by atoms with Gasteiger partial charge in [-0.25, -0.2) is 4.98 Å². The molecule has 98 valence electrons. The average molecular weight is 340 g/mol. The minimum Gasteiger partial charge on any atom is -0.307 e. The summed E-state index contributed by atoms with van der Waals surface area (Å²) in [5.41, 5.74) is 2.13. The molecule has 0 aliphatic heterocycles. The highest BCUT2D eigenvalue weighted by molar-refractivity contribution is 9.10. The number of aromatic nitrogens is 1. The molecule has 3 nitrogen and oxygen atoms in total. The van der Waals surface area contributed by atoms with E-state index in [1.54, 1.807) is 24.3 Å². The molecule has 0 radical (unpaired) electrons. The maximum Gasteiger partial charge on any atom is 0.257 e. The number of hydrogen-bond donors (Lipinski definition) is 1. The highest BCUT2D eigenvalue weighted by atomic mass is 79.9. The van der Waals surface area contributed by atoms with Gasteiger partial charge in [-0.3, -0.25) is 4.79 Å². The van der Waals surface area contributed by atoms with Gasteiger partial charge in [-0.05, 0) is 59.6 Å². The Morgan fingerprint density at radius 1 is 1.26 bits per heavy atom. The second-order valence-electron chi connectivity index (χ2n) is 4.13. The largest absolute Gasteiger partial charge is 0.307 e. The number of pyridine rings is 1. The van der Waals surface area contributed by atoms with Crippen LogP contribution in [0.1, 0.15) is 21.6 Å². The van der Waals surface area contributed by atoms with E-state index in [0.717, 1.165) is 15.7 Å². The molecule has 0 unspecified atom stereocenters. The van der Waals surface area contributed by atoms with Gasteiger partial charge >= 0.3 is 0 Å². The molecule has 1 aromatic heterocycles. The summed E-state index contributed by atoms with van der Waals surface area (Å²) in [6, 6.07) is 8.85. The van der Waals surface area contributed by atoms with Gasteiger partial charge < -0.3 is 5.32 Å². The lowest BCUT2D eigenvalue weighted by Crippen LogP contribution is -2.14. The number of carbonyl (C=O) groups excluding carboxylic acids is 1. The Morgan fingerprint density at radius 3 is 2.68 bits per heavy atom. The molecule has 0 aliphatic rings. The third-order valence-electron chi connectivity index (χ3n) is 2.78. The predicted octanol–water partition coefficient (Wildman–Crippen LogP) is 4.37. The number of anilines is 1. The molecule has 0 bridgehead atoms. The summed E-state index contributed by atoms with van der Waals surface area (Å²) in [7, 11) is 0. The molecule has 0 spiro atoms. The van der Waals surface area contributed by atoms with Crippen LogP contribution in [0.2, 0.25) is 5.02 Å². The van der Waals surface area contributed by atoms with E-state index < -0.39 is 0 Å². The van der Waals surface area contributed by atoms with Crippen LogP contribution in [-0.2, 0) is 0 Å². The average Bonchev–Trinajstić information content (AvgIpc) is 2.37. The number of amides is 1. The standard InChI is InChI=1S/C14H12BrClN2O/c1-8-10(4-3-5-12(8)16)14(19)18-13-7-6-11(15)9(2)17-13/h3-7H,1-2H3,(H,17,18,19). The van der Waals surface area contributed by atoms with Crippen LogP contribution in [0.15, 0.2) is 34.8 Å². The summed E-state index contributed by atoms with van der Waals surface area (Å²) in [4.78, 5) is 16.4. The molecule has 5 heteroatoms. The molecular weight excluding hydrogens is 328 g/mol. The van der Waals surface area contributed by atoms with Gasteiger partial charge in [-0.1, -0.05) is 17.7 Å². The molecule has 0 aliphatic carbocycles. The maximum atomic E-state index is 12.2. The van der Waals surface area contributed by atoms with Crippen molar-refractivity contribution in [1.29, 1.82) is 0 Å². The third kappa shape index (κ3) is 3.14. The maximum absolute atomic E-state index is 12.2. The molecule has 1 amide bonds. The van der Waals surface area contributed by atoms with Crippen molar-refractivity contribution >= 4 is 39.3 Å². The normalized spacial score (nSPS) is 10.3. The van der Waals surface area contributed by atoms with E-state index in [-0.39, 0.29) is 5.91 Å². The molecular formula is C14H12BrClN2O. The van der Waals surface area contributed by atoms with Crippen LogP contribution in [0.3, 0.4) is 0 Å². The quantitative estimate of drug-likeness (QED) is 0.883. The van der Waals surface area contributed by atoms with Gasteiger partial charge in [0.2, 0.25) is 0 Å². The van der Waals surface area contributed by atoms with E-state index in [9.17, 15) is 4.79 Å². The van der Waals surface area contributed by atoms with Gasteiger partial charge in [0.25, 0.3) is 5.91 Å². The van der Waals surface area contributed by atoms with Crippen molar-refractivity contribution in [2.45, 2.75) is 13.8 Å². The van der Waals surface area contributed by atoms with E-state index >= 15 is 0 Å². The number of carbonyl (C=O) groups is 1. The van der Waals surface area contributed by atoms with E-state index in [4.69, 9.17) is 11.6 Å². The molecule has 0 fully saturated rings. The van der Waals surface area contributed by atoms with Crippen LogP contribution in [0, 0.1) is 13.8 Å². The van der Waals surface area contributed by atoms with E-state index in [0.29, 0.717) is 16.4 Å². The second-order valence-corrected chi connectivity index (χ2v) is 5.39. The number of rotatable bonds is 2. The molecule has 1 N–H and O–H groups in total. The molecule has 2 rings (SSSR count). The smallest absolute Gasteiger partial charge is 0.257 e. The van der Waals surface area contributed by atoms with Gasteiger partial charge in [-0.2, -0.15) is 0 Å². The summed E-state index contributed by atoms with van der Waals surface area (Å²) in [6.07, 6.45) is 0. The summed E-state index contributed by atoms with van der Waals surface area (Å²) in [5, 5.41) is 3.34. The van der Waals surface area contributed by atoms with Crippen LogP contribution < -0.4 is 5.32 Å². The molecule has 0 saturated heterocycles. The Bertz CT molecular complexity index is 643. The van der Waals surface area contributed by atoms with Crippen LogP contribution in [0.4, 0.5) is 5.82 Å². The Balaban J connectivity index is 2.26. The first kappa shape index (κ1) is 14.0. The molecule has 1 aromatic carbocycles. The van der Waals surface area contributed by atoms with Crippen molar-refractivity contribution in [3.8, 4) is 0 Å². The van der Waals surface area contributed by atoms with Crippen LogP contribution in [0.25, 0.3) is 0 Å². The second kappa shape index (κ2) is 5.72. The lowest BCUT2D eigenvalue weighted by molar-refractivity contribution is 0.102.